The van der Waals surface area contributed by atoms with Gasteiger partial charge >= 0.3 is 0 Å². The lowest BCUT2D eigenvalue weighted by molar-refractivity contribution is 0.0627. The Morgan fingerprint density at radius 2 is 2.24 bits per heavy atom. The predicted molar refractivity (Wildman–Crippen MR) is 73.4 cm³/mol. The Kier molecular flexibility index (Phi) is 7.82. The van der Waals surface area contributed by atoms with Gasteiger partial charge in [-0.1, -0.05) is 6.92 Å². The minimum atomic E-state index is 0.553. The number of nitrogens with one attached hydrogen (secondary N) is 1. The smallest absolute Gasteiger partial charge is 0.0618 e. The molecule has 1 saturated heterocycles. The van der Waals surface area contributed by atoms with Crippen molar-refractivity contribution in [3.8, 4) is 0 Å². The van der Waals surface area contributed by atoms with E-state index in [1.807, 2.05) is 0 Å². The Morgan fingerprint density at radius 1 is 1.41 bits per heavy atom. The zero-order valence-electron chi connectivity index (χ0n) is 11.9. The number of nitrogens with zero attached hydrogens (tertiary/aromatic N) is 1. The topological polar surface area (TPSA) is 24.5 Å². The van der Waals surface area contributed by atoms with Gasteiger partial charge in [0, 0.05) is 19.2 Å². The molecule has 0 spiro atoms. The van der Waals surface area contributed by atoms with Crippen LogP contribution in [0, 0.1) is 5.92 Å². The molecule has 0 bridgehead atoms. The van der Waals surface area contributed by atoms with Gasteiger partial charge in [-0.05, 0) is 58.7 Å². The minimum Gasteiger partial charge on any atom is -0.380 e. The molecule has 1 heterocycles. The third-order valence-corrected chi connectivity index (χ3v) is 3.59. The van der Waals surface area contributed by atoms with Crippen molar-refractivity contribution in [1.29, 1.82) is 0 Å². The second-order valence-corrected chi connectivity index (χ2v) is 5.22. The van der Waals surface area contributed by atoms with E-state index in [1.165, 1.54) is 45.4 Å². The fourth-order valence-electron chi connectivity index (χ4n) is 2.58. The van der Waals surface area contributed by atoms with E-state index in [2.05, 4.69) is 31.0 Å². The van der Waals surface area contributed by atoms with Crippen molar-refractivity contribution in [2.24, 2.45) is 5.92 Å². The monoisotopic (exact) mass is 242 g/mol. The summed E-state index contributed by atoms with van der Waals surface area (Å²) in [5.41, 5.74) is 0. The van der Waals surface area contributed by atoms with Gasteiger partial charge in [0.15, 0.2) is 0 Å². The molecule has 0 saturated carbocycles. The molecule has 0 aromatic rings. The van der Waals surface area contributed by atoms with E-state index in [4.69, 9.17) is 4.74 Å². The van der Waals surface area contributed by atoms with E-state index in [0.717, 1.165) is 19.1 Å². The molecule has 3 nitrogen and oxygen atoms in total. The first kappa shape index (κ1) is 14.9. The molecule has 1 aliphatic rings. The Balaban J connectivity index is 2.34. The Bertz CT molecular complexity index is 181. The highest BCUT2D eigenvalue weighted by Crippen LogP contribution is 2.14. The van der Waals surface area contributed by atoms with Crippen LogP contribution in [0.4, 0.5) is 0 Å². The lowest BCUT2D eigenvalue weighted by Crippen LogP contribution is -2.44. The van der Waals surface area contributed by atoms with Gasteiger partial charge in [-0.15, -0.1) is 0 Å². The van der Waals surface area contributed by atoms with Gasteiger partial charge in [0.2, 0.25) is 0 Å². The first-order valence-corrected chi connectivity index (χ1v) is 7.30. The normalized spacial score (nSPS) is 22.9. The first-order chi connectivity index (χ1) is 8.27. The highest BCUT2D eigenvalue weighted by atomic mass is 16.5. The zero-order chi connectivity index (χ0) is 12.5. The summed E-state index contributed by atoms with van der Waals surface area (Å²) in [4.78, 5) is 2.60. The molecular weight excluding hydrogens is 212 g/mol. The van der Waals surface area contributed by atoms with Gasteiger partial charge in [0.25, 0.3) is 0 Å². The highest BCUT2D eigenvalue weighted by molar-refractivity contribution is 4.75. The van der Waals surface area contributed by atoms with Gasteiger partial charge < -0.3 is 10.1 Å². The predicted octanol–water partition coefficient (Wildman–Crippen LogP) is 2.12. The van der Waals surface area contributed by atoms with Crippen LogP contribution in [0.1, 0.15) is 40.0 Å². The second kappa shape index (κ2) is 8.90. The summed E-state index contributed by atoms with van der Waals surface area (Å²) in [7, 11) is 0. The van der Waals surface area contributed by atoms with Crippen LogP contribution in [0.5, 0.6) is 0 Å². The molecule has 0 aromatic heterocycles. The van der Waals surface area contributed by atoms with E-state index in [1.54, 1.807) is 0 Å². The molecule has 2 unspecified atom stereocenters. The van der Waals surface area contributed by atoms with Crippen LogP contribution in [0.25, 0.3) is 0 Å². The minimum absolute atomic E-state index is 0.553. The Hall–Kier alpha value is -0.120. The number of piperidine rings is 1. The first-order valence-electron chi connectivity index (χ1n) is 7.30. The molecule has 0 amide bonds. The van der Waals surface area contributed by atoms with E-state index < -0.39 is 0 Å². The van der Waals surface area contributed by atoms with E-state index in [9.17, 15) is 0 Å². The van der Waals surface area contributed by atoms with Crippen molar-refractivity contribution >= 4 is 0 Å². The number of ether oxygens (including phenoxy) is 1. The van der Waals surface area contributed by atoms with Crippen molar-refractivity contribution in [3.05, 3.63) is 0 Å². The largest absolute Gasteiger partial charge is 0.380 e. The lowest BCUT2D eigenvalue weighted by Gasteiger charge is -2.34. The number of rotatable bonds is 8. The summed E-state index contributed by atoms with van der Waals surface area (Å²) < 4.78 is 5.55. The van der Waals surface area contributed by atoms with Crippen molar-refractivity contribution < 1.29 is 4.74 Å². The molecule has 17 heavy (non-hydrogen) atoms. The van der Waals surface area contributed by atoms with E-state index in [0.29, 0.717) is 6.04 Å². The van der Waals surface area contributed by atoms with Crippen LogP contribution in [-0.4, -0.2) is 50.3 Å². The van der Waals surface area contributed by atoms with E-state index in [-0.39, 0.29) is 0 Å². The molecule has 102 valence electrons. The van der Waals surface area contributed by atoms with E-state index >= 15 is 0 Å². The molecule has 3 heteroatoms. The second-order valence-electron chi connectivity index (χ2n) is 5.22. The van der Waals surface area contributed by atoms with Crippen LogP contribution >= 0.6 is 0 Å². The average Bonchev–Trinajstić information content (AvgIpc) is 2.36. The summed E-state index contributed by atoms with van der Waals surface area (Å²) in [5.74, 6) is 0.833. The van der Waals surface area contributed by atoms with Crippen LogP contribution in [0.15, 0.2) is 0 Å². The summed E-state index contributed by atoms with van der Waals surface area (Å²) in [6.45, 7) is 13.2. The number of hydrogen-bond donors (Lipinski definition) is 1. The van der Waals surface area contributed by atoms with Crippen molar-refractivity contribution in [1.82, 2.24) is 10.2 Å². The molecule has 0 aliphatic carbocycles. The van der Waals surface area contributed by atoms with Gasteiger partial charge in [-0.2, -0.15) is 0 Å². The molecular formula is C14H30N2O. The Morgan fingerprint density at radius 3 is 2.82 bits per heavy atom. The van der Waals surface area contributed by atoms with Crippen molar-refractivity contribution in [2.45, 2.75) is 46.1 Å². The standard InChI is InChI=1S/C14H30N2O/c1-4-9-16(13(3)12-17-5-2)11-14-7-6-8-15-10-14/h13-15H,4-12H2,1-3H3. The fourth-order valence-corrected chi connectivity index (χ4v) is 2.58. The molecule has 0 aromatic carbocycles. The molecule has 1 fully saturated rings. The lowest BCUT2D eigenvalue weighted by atomic mass is 9.98. The van der Waals surface area contributed by atoms with Gasteiger partial charge in [-0.25, -0.2) is 0 Å². The molecule has 2 atom stereocenters. The van der Waals surface area contributed by atoms with Gasteiger partial charge in [0.1, 0.15) is 0 Å². The van der Waals surface area contributed by atoms with Crippen molar-refractivity contribution in [2.75, 3.05) is 39.4 Å². The quantitative estimate of drug-likeness (QED) is 0.705. The highest BCUT2D eigenvalue weighted by Gasteiger charge is 2.20. The zero-order valence-corrected chi connectivity index (χ0v) is 11.9. The maximum atomic E-state index is 5.55. The summed E-state index contributed by atoms with van der Waals surface area (Å²) in [6, 6.07) is 0.553. The van der Waals surface area contributed by atoms with Gasteiger partial charge in [-0.3, -0.25) is 4.90 Å². The van der Waals surface area contributed by atoms with Crippen LogP contribution < -0.4 is 5.32 Å². The molecule has 1 rings (SSSR count). The summed E-state index contributed by atoms with van der Waals surface area (Å²) in [5, 5.41) is 3.51. The van der Waals surface area contributed by atoms with Crippen molar-refractivity contribution in [3.63, 3.8) is 0 Å². The summed E-state index contributed by atoms with van der Waals surface area (Å²) in [6.07, 6.45) is 3.95. The molecule has 1 aliphatic heterocycles. The SMILES string of the molecule is CCCN(CC1CCCNC1)C(C)COCC. The maximum absolute atomic E-state index is 5.55. The average molecular weight is 242 g/mol. The molecule has 1 N–H and O–H groups in total. The summed E-state index contributed by atoms with van der Waals surface area (Å²) >= 11 is 0. The third-order valence-electron chi connectivity index (χ3n) is 3.59. The van der Waals surface area contributed by atoms with Gasteiger partial charge in [0.05, 0.1) is 6.61 Å². The maximum Gasteiger partial charge on any atom is 0.0618 e. The number of hydrogen-bond acceptors (Lipinski definition) is 3. The fraction of sp³-hybridized carbons (Fsp3) is 1.00. The third kappa shape index (κ3) is 5.84. The van der Waals surface area contributed by atoms with Crippen LogP contribution in [0.3, 0.4) is 0 Å². The molecule has 0 radical (unpaired) electrons. The van der Waals surface area contributed by atoms with Crippen LogP contribution in [0.2, 0.25) is 0 Å². The van der Waals surface area contributed by atoms with Crippen LogP contribution in [-0.2, 0) is 4.74 Å². The Labute approximate surface area is 107 Å².